The van der Waals surface area contributed by atoms with Crippen molar-refractivity contribution in [2.75, 3.05) is 38.6 Å². The Labute approximate surface area is 138 Å². The lowest BCUT2D eigenvalue weighted by atomic mass is 10.1. The Bertz CT molecular complexity index is 650. The van der Waals surface area contributed by atoms with Crippen LogP contribution in [0.15, 0.2) is 24.3 Å². The number of fused-ring (bicyclic) bond motifs is 1. The molecule has 0 amide bonds. The Morgan fingerprint density at radius 2 is 2.00 bits per heavy atom. The van der Waals surface area contributed by atoms with Gasteiger partial charge in [0, 0.05) is 23.3 Å². The Morgan fingerprint density at radius 1 is 1.17 bits per heavy atom. The summed E-state index contributed by atoms with van der Waals surface area (Å²) < 4.78 is 5.35. The molecule has 1 aliphatic rings. The molecule has 0 bridgehead atoms. The van der Waals surface area contributed by atoms with Crippen LogP contribution in [0.2, 0.25) is 0 Å². The Hall–Kier alpha value is -1.81. The number of hydrogen-bond acceptors (Lipinski definition) is 4. The molecule has 0 atom stereocenters. The highest BCUT2D eigenvalue weighted by atomic mass is 16.5. The van der Waals surface area contributed by atoms with Crippen LogP contribution in [0.3, 0.4) is 0 Å². The third kappa shape index (κ3) is 4.14. The van der Waals surface area contributed by atoms with Crippen molar-refractivity contribution < 1.29 is 4.74 Å². The summed E-state index contributed by atoms with van der Waals surface area (Å²) in [6.45, 7) is 6.88. The second-order valence-electron chi connectivity index (χ2n) is 6.38. The van der Waals surface area contributed by atoms with Crippen LogP contribution in [0.1, 0.15) is 31.4 Å². The minimum absolute atomic E-state index is 0.875. The first kappa shape index (κ1) is 16.1. The quantitative estimate of drug-likeness (QED) is 0.788. The second-order valence-corrected chi connectivity index (χ2v) is 6.38. The summed E-state index contributed by atoms with van der Waals surface area (Å²) in [6.07, 6.45) is 5.21. The molecule has 124 valence electrons. The van der Waals surface area contributed by atoms with Crippen molar-refractivity contribution in [2.24, 2.45) is 0 Å². The third-order valence-corrected chi connectivity index (χ3v) is 4.56. The lowest BCUT2D eigenvalue weighted by Gasteiger charge is -2.15. The van der Waals surface area contributed by atoms with Crippen molar-refractivity contribution in [3.63, 3.8) is 0 Å². The minimum atomic E-state index is 0.875. The van der Waals surface area contributed by atoms with Crippen molar-refractivity contribution in [3.05, 3.63) is 30.0 Å². The molecular weight excluding hydrogens is 286 g/mol. The van der Waals surface area contributed by atoms with Gasteiger partial charge in [-0.15, -0.1) is 0 Å². The first-order valence-electron chi connectivity index (χ1n) is 8.68. The van der Waals surface area contributed by atoms with Gasteiger partial charge in [0.1, 0.15) is 5.75 Å². The molecule has 0 unspecified atom stereocenters. The van der Waals surface area contributed by atoms with Crippen LogP contribution in [0.25, 0.3) is 10.9 Å². The van der Waals surface area contributed by atoms with Crippen LogP contribution in [-0.4, -0.2) is 43.2 Å². The predicted molar refractivity (Wildman–Crippen MR) is 96.4 cm³/mol. The molecule has 0 radical (unpaired) electrons. The first-order valence-corrected chi connectivity index (χ1v) is 8.68. The van der Waals surface area contributed by atoms with Gasteiger partial charge in [0.2, 0.25) is 0 Å². The zero-order valence-corrected chi connectivity index (χ0v) is 14.3. The van der Waals surface area contributed by atoms with Crippen molar-refractivity contribution in [3.8, 4) is 5.75 Å². The standard InChI is InChI=1S/C19H27N3O/c1-15-13-19(17-14-16(23-2)7-8-18(17)21-15)20-9-3-4-10-22-11-5-6-12-22/h7-8,13-14H,3-6,9-12H2,1-2H3,(H,20,21). The molecule has 0 aliphatic carbocycles. The fourth-order valence-electron chi connectivity index (χ4n) is 3.30. The zero-order chi connectivity index (χ0) is 16.1. The SMILES string of the molecule is COc1ccc2nc(C)cc(NCCCCN3CCCC3)c2c1. The van der Waals surface area contributed by atoms with E-state index in [1.165, 1.54) is 45.3 Å². The van der Waals surface area contributed by atoms with E-state index in [9.17, 15) is 0 Å². The maximum atomic E-state index is 5.35. The van der Waals surface area contributed by atoms with Gasteiger partial charge in [-0.3, -0.25) is 4.98 Å². The molecule has 0 spiro atoms. The van der Waals surface area contributed by atoms with Gasteiger partial charge in [0.15, 0.2) is 0 Å². The molecule has 4 heteroatoms. The highest BCUT2D eigenvalue weighted by Crippen LogP contribution is 2.27. The number of aromatic nitrogens is 1. The molecular formula is C19H27N3O. The fraction of sp³-hybridized carbons (Fsp3) is 0.526. The number of rotatable bonds is 7. The molecule has 2 heterocycles. The number of unbranched alkanes of at least 4 members (excludes halogenated alkanes) is 1. The predicted octanol–water partition coefficient (Wildman–Crippen LogP) is 3.84. The maximum Gasteiger partial charge on any atom is 0.119 e. The van der Waals surface area contributed by atoms with Crippen LogP contribution in [0, 0.1) is 6.92 Å². The van der Waals surface area contributed by atoms with E-state index in [1.807, 2.05) is 19.1 Å². The van der Waals surface area contributed by atoms with Crippen molar-refractivity contribution >= 4 is 16.6 Å². The summed E-state index contributed by atoms with van der Waals surface area (Å²) in [5, 5.41) is 4.72. The van der Waals surface area contributed by atoms with Gasteiger partial charge in [-0.1, -0.05) is 0 Å². The normalized spacial score (nSPS) is 15.2. The van der Waals surface area contributed by atoms with Crippen molar-refractivity contribution in [1.29, 1.82) is 0 Å². The van der Waals surface area contributed by atoms with Gasteiger partial charge in [0.25, 0.3) is 0 Å². The third-order valence-electron chi connectivity index (χ3n) is 4.56. The van der Waals surface area contributed by atoms with E-state index < -0.39 is 0 Å². The largest absolute Gasteiger partial charge is 0.497 e. The number of nitrogens with zero attached hydrogens (tertiary/aromatic N) is 2. The summed E-state index contributed by atoms with van der Waals surface area (Å²) in [6, 6.07) is 8.19. The number of pyridine rings is 1. The summed E-state index contributed by atoms with van der Waals surface area (Å²) >= 11 is 0. The Balaban J connectivity index is 1.59. The average Bonchev–Trinajstić information content (AvgIpc) is 3.07. The molecule has 1 aromatic carbocycles. The summed E-state index contributed by atoms with van der Waals surface area (Å²) in [4.78, 5) is 7.19. The fourth-order valence-corrected chi connectivity index (χ4v) is 3.30. The van der Waals surface area contributed by atoms with Crippen LogP contribution in [0.5, 0.6) is 5.75 Å². The highest BCUT2D eigenvalue weighted by molar-refractivity contribution is 5.92. The molecule has 3 rings (SSSR count). The molecule has 2 aromatic rings. The number of methoxy groups -OCH3 is 1. The van der Waals surface area contributed by atoms with Crippen LogP contribution < -0.4 is 10.1 Å². The topological polar surface area (TPSA) is 37.4 Å². The van der Waals surface area contributed by atoms with Gasteiger partial charge in [-0.05, 0) is 76.5 Å². The van der Waals surface area contributed by atoms with E-state index in [4.69, 9.17) is 4.74 Å². The van der Waals surface area contributed by atoms with E-state index in [-0.39, 0.29) is 0 Å². The summed E-state index contributed by atoms with van der Waals surface area (Å²) in [5.41, 5.74) is 3.22. The Morgan fingerprint density at radius 3 is 2.78 bits per heavy atom. The second kappa shape index (κ2) is 7.64. The molecule has 1 fully saturated rings. The first-order chi connectivity index (χ1) is 11.3. The summed E-state index contributed by atoms with van der Waals surface area (Å²) in [7, 11) is 1.70. The molecule has 4 nitrogen and oxygen atoms in total. The van der Waals surface area contributed by atoms with Gasteiger partial charge in [-0.25, -0.2) is 0 Å². The van der Waals surface area contributed by atoms with Crippen LogP contribution in [-0.2, 0) is 0 Å². The molecule has 0 saturated carbocycles. The van der Waals surface area contributed by atoms with Gasteiger partial charge < -0.3 is 15.0 Å². The average molecular weight is 313 g/mol. The van der Waals surface area contributed by atoms with Gasteiger partial charge in [0.05, 0.1) is 12.6 Å². The highest BCUT2D eigenvalue weighted by Gasteiger charge is 2.10. The maximum absolute atomic E-state index is 5.35. The number of benzene rings is 1. The number of aryl methyl sites for hydroxylation is 1. The van der Waals surface area contributed by atoms with Gasteiger partial charge >= 0.3 is 0 Å². The Kier molecular flexibility index (Phi) is 5.34. The van der Waals surface area contributed by atoms with Gasteiger partial charge in [-0.2, -0.15) is 0 Å². The molecule has 1 aromatic heterocycles. The van der Waals surface area contributed by atoms with E-state index in [1.54, 1.807) is 7.11 Å². The smallest absolute Gasteiger partial charge is 0.119 e. The lowest BCUT2D eigenvalue weighted by molar-refractivity contribution is 0.331. The number of likely N-dealkylation sites (tertiary alicyclic amines) is 1. The number of hydrogen-bond donors (Lipinski definition) is 1. The number of ether oxygens (including phenoxy) is 1. The molecule has 1 saturated heterocycles. The summed E-state index contributed by atoms with van der Waals surface area (Å²) in [5.74, 6) is 0.875. The van der Waals surface area contributed by atoms with E-state index in [2.05, 4.69) is 27.3 Å². The molecule has 23 heavy (non-hydrogen) atoms. The van der Waals surface area contributed by atoms with E-state index >= 15 is 0 Å². The van der Waals surface area contributed by atoms with Crippen molar-refractivity contribution in [1.82, 2.24) is 9.88 Å². The molecule has 1 N–H and O–H groups in total. The number of anilines is 1. The van der Waals surface area contributed by atoms with Crippen LogP contribution in [0.4, 0.5) is 5.69 Å². The van der Waals surface area contributed by atoms with Crippen molar-refractivity contribution in [2.45, 2.75) is 32.6 Å². The lowest BCUT2D eigenvalue weighted by Crippen LogP contribution is -2.20. The minimum Gasteiger partial charge on any atom is -0.497 e. The van der Waals surface area contributed by atoms with E-state index in [0.717, 1.165) is 34.6 Å². The monoisotopic (exact) mass is 313 g/mol. The van der Waals surface area contributed by atoms with Crippen LogP contribution >= 0.6 is 0 Å². The van der Waals surface area contributed by atoms with E-state index in [0.29, 0.717) is 0 Å². The molecule has 1 aliphatic heterocycles. The zero-order valence-electron chi connectivity index (χ0n) is 14.3. The number of nitrogens with one attached hydrogen (secondary N) is 1.